The SMILES string of the molecule is CNC=O.Cc1cc(Oc2ccc(NC(=O)NC3=C(F)CCC=C3)c(F)c2)ccn1. The molecule has 7 nitrogen and oxygen atoms in total. The number of aromatic nitrogens is 1. The van der Waals surface area contributed by atoms with Gasteiger partial charge < -0.3 is 20.7 Å². The van der Waals surface area contributed by atoms with Gasteiger partial charge in [-0.05, 0) is 37.6 Å². The van der Waals surface area contributed by atoms with Crippen molar-refractivity contribution in [3.8, 4) is 11.5 Å². The van der Waals surface area contributed by atoms with E-state index in [1.807, 2.05) is 6.92 Å². The lowest BCUT2D eigenvalue weighted by Gasteiger charge is -2.13. The molecule has 2 aromatic rings. The number of allylic oxidation sites excluding steroid dienone is 3. The number of ether oxygens (including phenoxy) is 1. The first-order chi connectivity index (χ1) is 14.4. The molecule has 9 heteroatoms. The number of pyridine rings is 1. The highest BCUT2D eigenvalue weighted by molar-refractivity contribution is 5.91. The first-order valence-corrected chi connectivity index (χ1v) is 9.07. The van der Waals surface area contributed by atoms with Crippen molar-refractivity contribution in [3.05, 3.63) is 71.7 Å². The number of nitrogens with zero attached hydrogens (tertiary/aromatic N) is 1. The smallest absolute Gasteiger partial charge is 0.323 e. The molecule has 0 radical (unpaired) electrons. The lowest BCUT2D eigenvalue weighted by atomic mass is 10.1. The second-order valence-corrected chi connectivity index (χ2v) is 6.12. The van der Waals surface area contributed by atoms with Gasteiger partial charge in [-0.2, -0.15) is 0 Å². The molecule has 1 aromatic heterocycles. The summed E-state index contributed by atoms with van der Waals surface area (Å²) in [7, 11) is 1.56. The number of amides is 3. The molecule has 0 bridgehead atoms. The van der Waals surface area contributed by atoms with Gasteiger partial charge in [0.2, 0.25) is 6.41 Å². The van der Waals surface area contributed by atoms with Crippen LogP contribution in [0.15, 0.2) is 60.2 Å². The largest absolute Gasteiger partial charge is 0.457 e. The average molecular weight is 416 g/mol. The molecule has 3 rings (SSSR count). The fourth-order valence-corrected chi connectivity index (χ4v) is 2.40. The number of aryl methyl sites for hydroxylation is 1. The van der Waals surface area contributed by atoms with Gasteiger partial charge >= 0.3 is 6.03 Å². The molecular weight excluding hydrogens is 394 g/mol. The highest BCUT2D eigenvalue weighted by atomic mass is 19.1. The topological polar surface area (TPSA) is 92.4 Å². The maximum Gasteiger partial charge on any atom is 0.323 e. The molecule has 0 fully saturated rings. The second-order valence-electron chi connectivity index (χ2n) is 6.12. The minimum absolute atomic E-state index is 0.0402. The predicted molar refractivity (Wildman–Crippen MR) is 109 cm³/mol. The fourth-order valence-electron chi connectivity index (χ4n) is 2.40. The number of nitrogens with one attached hydrogen (secondary N) is 3. The molecule has 1 aromatic carbocycles. The van der Waals surface area contributed by atoms with E-state index in [4.69, 9.17) is 9.53 Å². The maximum atomic E-state index is 14.2. The first-order valence-electron chi connectivity index (χ1n) is 9.07. The Bertz CT molecular complexity index is 961. The molecule has 1 heterocycles. The van der Waals surface area contributed by atoms with Crippen LogP contribution in [0.25, 0.3) is 0 Å². The summed E-state index contributed by atoms with van der Waals surface area (Å²) >= 11 is 0. The summed E-state index contributed by atoms with van der Waals surface area (Å²) in [5, 5.41) is 6.97. The van der Waals surface area contributed by atoms with Crippen LogP contribution in [0.4, 0.5) is 19.3 Å². The number of hydrogen-bond acceptors (Lipinski definition) is 4. The van der Waals surface area contributed by atoms with Crippen LogP contribution in [0.3, 0.4) is 0 Å². The van der Waals surface area contributed by atoms with Gasteiger partial charge in [0.15, 0.2) is 0 Å². The first kappa shape index (κ1) is 22.5. The van der Waals surface area contributed by atoms with Gasteiger partial charge in [0.25, 0.3) is 0 Å². The predicted octanol–water partition coefficient (Wildman–Crippen LogP) is 4.34. The van der Waals surface area contributed by atoms with Gasteiger partial charge in [-0.3, -0.25) is 9.78 Å². The molecule has 0 saturated heterocycles. The van der Waals surface area contributed by atoms with Crippen molar-refractivity contribution >= 4 is 18.1 Å². The molecule has 0 spiro atoms. The Morgan fingerprint density at radius 2 is 1.90 bits per heavy atom. The van der Waals surface area contributed by atoms with Crippen molar-refractivity contribution in [2.75, 3.05) is 12.4 Å². The van der Waals surface area contributed by atoms with Crippen molar-refractivity contribution < 1.29 is 23.1 Å². The Morgan fingerprint density at radius 1 is 1.17 bits per heavy atom. The number of benzene rings is 1. The summed E-state index contributed by atoms with van der Waals surface area (Å²) in [6.07, 6.45) is 6.29. The number of hydrogen-bond donors (Lipinski definition) is 3. The van der Waals surface area contributed by atoms with E-state index in [-0.39, 0.29) is 23.6 Å². The van der Waals surface area contributed by atoms with Gasteiger partial charge in [0, 0.05) is 37.5 Å². The third-order valence-corrected chi connectivity index (χ3v) is 3.77. The lowest BCUT2D eigenvalue weighted by molar-refractivity contribution is -0.109. The fraction of sp³-hybridized carbons (Fsp3) is 0.190. The van der Waals surface area contributed by atoms with Gasteiger partial charge in [0.05, 0.1) is 11.4 Å². The molecule has 30 heavy (non-hydrogen) atoms. The number of urea groups is 1. The average Bonchev–Trinajstić information content (AvgIpc) is 2.72. The highest BCUT2D eigenvalue weighted by Crippen LogP contribution is 2.26. The normalized spacial score (nSPS) is 12.4. The van der Waals surface area contributed by atoms with E-state index in [2.05, 4.69) is 20.9 Å². The van der Waals surface area contributed by atoms with Crippen LogP contribution in [-0.4, -0.2) is 24.5 Å². The Morgan fingerprint density at radius 3 is 2.53 bits per heavy atom. The Hall–Kier alpha value is -3.75. The molecule has 158 valence electrons. The quantitative estimate of drug-likeness (QED) is 0.633. The Kier molecular flexibility index (Phi) is 8.49. The molecule has 3 N–H and O–H groups in total. The van der Waals surface area contributed by atoms with E-state index < -0.39 is 17.7 Å². The van der Waals surface area contributed by atoms with Crippen molar-refractivity contribution in [2.45, 2.75) is 19.8 Å². The molecule has 0 aliphatic heterocycles. The third kappa shape index (κ3) is 7.01. The zero-order chi connectivity index (χ0) is 21.9. The minimum atomic E-state index is -0.723. The molecule has 3 amide bonds. The van der Waals surface area contributed by atoms with Crippen molar-refractivity contribution in [2.24, 2.45) is 0 Å². The van der Waals surface area contributed by atoms with E-state index in [1.54, 1.807) is 31.5 Å². The molecule has 1 aliphatic carbocycles. The van der Waals surface area contributed by atoms with Gasteiger partial charge in [-0.1, -0.05) is 6.08 Å². The minimum Gasteiger partial charge on any atom is -0.457 e. The molecule has 1 aliphatic rings. The molecule has 0 atom stereocenters. The number of halogens is 2. The van der Waals surface area contributed by atoms with E-state index in [0.29, 0.717) is 18.6 Å². The van der Waals surface area contributed by atoms with Crippen LogP contribution in [0, 0.1) is 12.7 Å². The second kappa shape index (κ2) is 11.3. The summed E-state index contributed by atoms with van der Waals surface area (Å²) in [6, 6.07) is 6.71. The molecule has 0 unspecified atom stereocenters. The van der Waals surface area contributed by atoms with Crippen LogP contribution >= 0.6 is 0 Å². The monoisotopic (exact) mass is 416 g/mol. The van der Waals surface area contributed by atoms with E-state index >= 15 is 0 Å². The number of rotatable bonds is 5. The molecular formula is C21H22F2N4O3. The van der Waals surface area contributed by atoms with Crippen LogP contribution < -0.4 is 20.7 Å². The Labute approximate surface area is 172 Å². The van der Waals surface area contributed by atoms with E-state index in [1.165, 1.54) is 18.2 Å². The lowest BCUT2D eigenvalue weighted by Crippen LogP contribution is -2.29. The summed E-state index contributed by atoms with van der Waals surface area (Å²) in [5.74, 6) is -0.263. The summed E-state index contributed by atoms with van der Waals surface area (Å²) in [4.78, 5) is 25.0. The van der Waals surface area contributed by atoms with Crippen LogP contribution in [0.1, 0.15) is 18.5 Å². The number of carbonyl (C=O) groups excluding carboxylic acids is 2. The standard InChI is InChI=1S/C19H17F2N3O2.C2H5NO/c1-12-10-14(8-9-22-12)26-13-6-7-18(16(21)11-13)24-19(25)23-17-5-3-2-4-15(17)20;1-3-2-4/h3,5-11H,2,4H2,1H3,(H2,23,24,25);2H,1H3,(H,3,4). The Balaban J connectivity index is 0.000000735. The zero-order valence-corrected chi connectivity index (χ0v) is 16.5. The van der Waals surface area contributed by atoms with Crippen molar-refractivity contribution in [1.29, 1.82) is 0 Å². The highest BCUT2D eigenvalue weighted by Gasteiger charge is 2.13. The van der Waals surface area contributed by atoms with Crippen LogP contribution in [-0.2, 0) is 4.79 Å². The van der Waals surface area contributed by atoms with Gasteiger partial charge in [0.1, 0.15) is 23.1 Å². The number of carbonyl (C=O) groups is 2. The van der Waals surface area contributed by atoms with E-state index in [0.717, 1.165) is 11.8 Å². The third-order valence-electron chi connectivity index (χ3n) is 3.77. The zero-order valence-electron chi connectivity index (χ0n) is 16.5. The van der Waals surface area contributed by atoms with Crippen LogP contribution in [0.5, 0.6) is 11.5 Å². The molecule has 0 saturated carbocycles. The van der Waals surface area contributed by atoms with E-state index in [9.17, 15) is 13.6 Å². The summed E-state index contributed by atoms with van der Waals surface area (Å²) in [6.45, 7) is 1.82. The van der Waals surface area contributed by atoms with Gasteiger partial charge in [-0.15, -0.1) is 0 Å². The summed E-state index contributed by atoms with van der Waals surface area (Å²) < 4.78 is 33.4. The number of anilines is 1. The van der Waals surface area contributed by atoms with Crippen molar-refractivity contribution in [1.82, 2.24) is 15.6 Å². The summed E-state index contributed by atoms with van der Waals surface area (Å²) in [5.41, 5.74) is 0.819. The van der Waals surface area contributed by atoms with Crippen LogP contribution in [0.2, 0.25) is 0 Å². The van der Waals surface area contributed by atoms with Crippen molar-refractivity contribution in [3.63, 3.8) is 0 Å². The maximum absolute atomic E-state index is 14.2. The van der Waals surface area contributed by atoms with Gasteiger partial charge in [-0.25, -0.2) is 13.6 Å².